The molecule has 0 aliphatic rings. The normalized spacial score (nSPS) is 10.4. The Balaban J connectivity index is 2.52. The Morgan fingerprint density at radius 2 is 2.22 bits per heavy atom. The molecule has 3 nitrogen and oxygen atoms in total. The van der Waals surface area contributed by atoms with Crippen molar-refractivity contribution in [3.05, 3.63) is 34.6 Å². The fourth-order valence-electron chi connectivity index (χ4n) is 1.60. The van der Waals surface area contributed by atoms with Crippen molar-refractivity contribution in [3.8, 4) is 0 Å². The molecule has 0 saturated carbocycles. The standard InChI is InChI=1S/C13H17ClFNO2/c1-16(13(18)6-3-9-17)8-7-10-11(14)4-2-5-12(10)15/h2,4-5,17H,3,6-9H2,1H3. The van der Waals surface area contributed by atoms with E-state index < -0.39 is 0 Å². The van der Waals surface area contributed by atoms with Crippen LogP contribution in [0.3, 0.4) is 0 Å². The fraction of sp³-hybridized carbons (Fsp3) is 0.462. The highest BCUT2D eigenvalue weighted by Gasteiger charge is 2.11. The zero-order valence-electron chi connectivity index (χ0n) is 10.3. The average Bonchev–Trinajstić information content (AvgIpc) is 2.35. The largest absolute Gasteiger partial charge is 0.396 e. The van der Waals surface area contributed by atoms with Crippen LogP contribution in [0, 0.1) is 5.82 Å². The van der Waals surface area contributed by atoms with Gasteiger partial charge in [-0.15, -0.1) is 0 Å². The number of carbonyl (C=O) groups excluding carboxylic acids is 1. The monoisotopic (exact) mass is 273 g/mol. The van der Waals surface area contributed by atoms with Crippen molar-refractivity contribution in [2.45, 2.75) is 19.3 Å². The molecule has 0 fully saturated rings. The molecule has 1 aromatic carbocycles. The van der Waals surface area contributed by atoms with E-state index in [-0.39, 0.29) is 18.3 Å². The van der Waals surface area contributed by atoms with E-state index in [1.54, 1.807) is 19.2 Å². The number of hydrogen-bond donors (Lipinski definition) is 1. The third-order valence-corrected chi connectivity index (χ3v) is 3.09. The highest BCUT2D eigenvalue weighted by molar-refractivity contribution is 6.31. The first-order valence-electron chi connectivity index (χ1n) is 5.84. The van der Waals surface area contributed by atoms with Crippen LogP contribution >= 0.6 is 11.6 Å². The maximum atomic E-state index is 13.5. The van der Waals surface area contributed by atoms with E-state index in [2.05, 4.69) is 0 Å². The highest BCUT2D eigenvalue weighted by atomic mass is 35.5. The van der Waals surface area contributed by atoms with Crippen molar-refractivity contribution in [1.82, 2.24) is 4.90 Å². The summed E-state index contributed by atoms with van der Waals surface area (Å²) in [6.07, 6.45) is 1.13. The first-order chi connectivity index (χ1) is 8.56. The van der Waals surface area contributed by atoms with Gasteiger partial charge in [0.25, 0.3) is 0 Å². The smallest absolute Gasteiger partial charge is 0.222 e. The van der Waals surface area contributed by atoms with E-state index >= 15 is 0 Å². The molecule has 0 spiro atoms. The van der Waals surface area contributed by atoms with Crippen molar-refractivity contribution in [1.29, 1.82) is 0 Å². The number of likely N-dealkylation sites (N-methyl/N-ethyl adjacent to an activating group) is 1. The van der Waals surface area contributed by atoms with Crippen molar-refractivity contribution < 1.29 is 14.3 Å². The third kappa shape index (κ3) is 4.27. The first kappa shape index (κ1) is 14.9. The molecule has 0 bridgehead atoms. The van der Waals surface area contributed by atoms with Crippen LogP contribution in [0.1, 0.15) is 18.4 Å². The van der Waals surface area contributed by atoms with Gasteiger partial charge < -0.3 is 10.0 Å². The van der Waals surface area contributed by atoms with Gasteiger partial charge in [0.05, 0.1) is 0 Å². The number of aliphatic hydroxyl groups is 1. The predicted molar refractivity (Wildman–Crippen MR) is 69.1 cm³/mol. The van der Waals surface area contributed by atoms with E-state index in [4.69, 9.17) is 16.7 Å². The van der Waals surface area contributed by atoms with Gasteiger partial charge in [-0.2, -0.15) is 0 Å². The Kier molecular flexibility index (Phi) is 6.09. The van der Waals surface area contributed by atoms with Gasteiger partial charge in [-0.3, -0.25) is 4.79 Å². The van der Waals surface area contributed by atoms with Crippen molar-refractivity contribution in [2.75, 3.05) is 20.2 Å². The van der Waals surface area contributed by atoms with Crippen molar-refractivity contribution in [2.24, 2.45) is 0 Å². The lowest BCUT2D eigenvalue weighted by atomic mass is 10.1. The van der Waals surface area contributed by atoms with Crippen LogP contribution in [0.5, 0.6) is 0 Å². The molecule has 0 aromatic heterocycles. The second-order valence-electron chi connectivity index (χ2n) is 4.09. The summed E-state index contributed by atoms with van der Waals surface area (Å²) in [5.74, 6) is -0.407. The number of hydrogen-bond acceptors (Lipinski definition) is 2. The second-order valence-corrected chi connectivity index (χ2v) is 4.50. The van der Waals surface area contributed by atoms with E-state index in [0.29, 0.717) is 36.4 Å². The maximum Gasteiger partial charge on any atom is 0.222 e. The molecule has 0 atom stereocenters. The van der Waals surface area contributed by atoms with E-state index in [9.17, 15) is 9.18 Å². The number of carbonyl (C=O) groups is 1. The number of halogens is 2. The SMILES string of the molecule is CN(CCc1c(F)cccc1Cl)C(=O)CCCO. The summed E-state index contributed by atoms with van der Waals surface area (Å²) in [4.78, 5) is 13.1. The zero-order chi connectivity index (χ0) is 13.5. The van der Waals surface area contributed by atoms with Gasteiger partial charge in [-0.05, 0) is 25.0 Å². The minimum Gasteiger partial charge on any atom is -0.396 e. The molecule has 1 N–H and O–H groups in total. The van der Waals surface area contributed by atoms with Gasteiger partial charge in [-0.25, -0.2) is 4.39 Å². The summed E-state index contributed by atoms with van der Waals surface area (Å²) in [5.41, 5.74) is 0.431. The molecular weight excluding hydrogens is 257 g/mol. The van der Waals surface area contributed by atoms with Crippen LogP contribution in [0.15, 0.2) is 18.2 Å². The molecule has 0 heterocycles. The van der Waals surface area contributed by atoms with Gasteiger partial charge in [0, 0.05) is 37.2 Å². The molecule has 0 unspecified atom stereocenters. The summed E-state index contributed by atoms with van der Waals surface area (Å²) in [7, 11) is 1.66. The van der Waals surface area contributed by atoms with Gasteiger partial charge in [0.2, 0.25) is 5.91 Å². The lowest BCUT2D eigenvalue weighted by Gasteiger charge is -2.17. The van der Waals surface area contributed by atoms with E-state index in [1.807, 2.05) is 0 Å². The van der Waals surface area contributed by atoms with Gasteiger partial charge in [-0.1, -0.05) is 17.7 Å². The Morgan fingerprint density at radius 1 is 1.50 bits per heavy atom. The van der Waals surface area contributed by atoms with Crippen LogP contribution in [0.4, 0.5) is 4.39 Å². The van der Waals surface area contributed by atoms with Gasteiger partial charge >= 0.3 is 0 Å². The first-order valence-corrected chi connectivity index (χ1v) is 6.21. The maximum absolute atomic E-state index is 13.5. The molecule has 100 valence electrons. The number of benzene rings is 1. The summed E-state index contributed by atoms with van der Waals surface area (Å²) in [5, 5.41) is 9.02. The fourth-order valence-corrected chi connectivity index (χ4v) is 1.85. The second kappa shape index (κ2) is 7.34. The summed E-state index contributed by atoms with van der Waals surface area (Å²) in [6, 6.07) is 4.54. The molecule has 1 rings (SSSR count). The molecule has 1 aromatic rings. The quantitative estimate of drug-likeness (QED) is 0.864. The van der Waals surface area contributed by atoms with Crippen molar-refractivity contribution in [3.63, 3.8) is 0 Å². The minimum atomic E-state index is -0.348. The third-order valence-electron chi connectivity index (χ3n) is 2.73. The minimum absolute atomic E-state index is 0.00127. The van der Waals surface area contributed by atoms with Gasteiger partial charge in [0.1, 0.15) is 5.82 Å². The Morgan fingerprint density at radius 3 is 2.83 bits per heavy atom. The van der Waals surface area contributed by atoms with Crippen LogP contribution in [0.25, 0.3) is 0 Å². The van der Waals surface area contributed by atoms with E-state index in [1.165, 1.54) is 11.0 Å². The molecule has 1 amide bonds. The average molecular weight is 274 g/mol. The summed E-state index contributed by atoms with van der Waals surface area (Å²) in [6.45, 7) is 0.406. The highest BCUT2D eigenvalue weighted by Crippen LogP contribution is 2.19. The molecule has 0 aliphatic heterocycles. The zero-order valence-corrected chi connectivity index (χ0v) is 11.1. The molecule has 5 heteroatoms. The topological polar surface area (TPSA) is 40.5 Å². The number of aliphatic hydroxyl groups excluding tert-OH is 1. The van der Waals surface area contributed by atoms with Crippen LogP contribution in [-0.4, -0.2) is 36.1 Å². The Labute approximate surface area is 111 Å². The van der Waals surface area contributed by atoms with E-state index in [0.717, 1.165) is 0 Å². The lowest BCUT2D eigenvalue weighted by molar-refractivity contribution is -0.130. The molecule has 18 heavy (non-hydrogen) atoms. The Bertz CT molecular complexity index is 392. The number of nitrogens with zero attached hydrogens (tertiary/aromatic N) is 1. The molecule has 0 aliphatic carbocycles. The van der Waals surface area contributed by atoms with Crippen LogP contribution in [-0.2, 0) is 11.2 Å². The molecular formula is C13H17ClFNO2. The molecule has 0 radical (unpaired) electrons. The summed E-state index contributed by atoms with van der Waals surface area (Å²) < 4.78 is 13.5. The lowest BCUT2D eigenvalue weighted by Crippen LogP contribution is -2.29. The number of rotatable bonds is 6. The predicted octanol–water partition coefficient (Wildman–Crippen LogP) is 2.25. The van der Waals surface area contributed by atoms with Crippen molar-refractivity contribution >= 4 is 17.5 Å². The van der Waals surface area contributed by atoms with Gasteiger partial charge in [0.15, 0.2) is 0 Å². The number of amides is 1. The summed E-state index contributed by atoms with van der Waals surface area (Å²) >= 11 is 5.90. The molecule has 0 saturated heterocycles. The van der Waals surface area contributed by atoms with Crippen LogP contribution in [0.2, 0.25) is 5.02 Å². The van der Waals surface area contributed by atoms with Crippen LogP contribution < -0.4 is 0 Å². The Hall–Kier alpha value is -1.13.